The van der Waals surface area contributed by atoms with E-state index in [0.717, 1.165) is 6.42 Å². The molecule has 1 N–H and O–H groups in total. The normalized spacial score (nSPS) is 16.5. The van der Waals surface area contributed by atoms with Gasteiger partial charge in [-0.05, 0) is 30.5 Å². The summed E-state index contributed by atoms with van der Waals surface area (Å²) in [5, 5.41) is 3.19. The van der Waals surface area contributed by atoms with Crippen LogP contribution in [0.4, 0.5) is 0 Å². The van der Waals surface area contributed by atoms with E-state index in [4.69, 9.17) is 4.74 Å². The number of benzene rings is 1. The van der Waals surface area contributed by atoms with Crippen LogP contribution in [0.25, 0.3) is 0 Å². The monoisotopic (exact) mass is 325 g/mol. The van der Waals surface area contributed by atoms with Crippen molar-refractivity contribution in [2.75, 3.05) is 13.2 Å². The van der Waals surface area contributed by atoms with E-state index in [0.29, 0.717) is 38.3 Å². The molecule has 0 aliphatic carbocycles. The van der Waals surface area contributed by atoms with E-state index in [2.05, 4.69) is 34.3 Å². The van der Waals surface area contributed by atoms with Crippen molar-refractivity contribution in [3.8, 4) is 0 Å². The van der Waals surface area contributed by atoms with Gasteiger partial charge in [-0.3, -0.25) is 4.79 Å². The highest BCUT2D eigenvalue weighted by molar-refractivity contribution is 5.77. The average Bonchev–Trinajstić information content (AvgIpc) is 2.62. The Balaban J connectivity index is 1.69. The number of hydrogen-bond acceptors (Lipinski definition) is 4. The number of aromatic nitrogens is 2. The highest BCUT2D eigenvalue weighted by Gasteiger charge is 2.38. The lowest BCUT2D eigenvalue weighted by atomic mass is 9.88. The predicted octanol–water partition coefficient (Wildman–Crippen LogP) is 2.54. The number of carbonyl (C=O) groups excluding carboxylic acids is 1. The molecule has 0 radical (unpaired) electrons. The van der Waals surface area contributed by atoms with E-state index >= 15 is 0 Å². The first-order chi connectivity index (χ1) is 11.7. The topological polar surface area (TPSA) is 64.1 Å². The van der Waals surface area contributed by atoms with Gasteiger partial charge in [0.25, 0.3) is 0 Å². The number of hydrogen-bond donors (Lipinski definition) is 1. The Morgan fingerprint density at radius 1 is 1.17 bits per heavy atom. The maximum atomic E-state index is 12.6. The Labute approximate surface area is 142 Å². The molecule has 5 heteroatoms. The third-order valence-corrected chi connectivity index (χ3v) is 4.60. The lowest BCUT2D eigenvalue weighted by molar-refractivity contribution is -0.124. The number of ether oxygens (including phenoxy) is 1. The number of nitrogens with one attached hydrogen (secondary N) is 1. The fourth-order valence-corrected chi connectivity index (χ4v) is 3.14. The zero-order valence-corrected chi connectivity index (χ0v) is 14.0. The number of nitrogens with zero attached hydrogens (tertiary/aromatic N) is 2. The molecule has 2 aromatic rings. The van der Waals surface area contributed by atoms with Crippen molar-refractivity contribution in [2.24, 2.45) is 0 Å². The molecule has 0 saturated carbocycles. The van der Waals surface area contributed by atoms with Crippen LogP contribution in [0.3, 0.4) is 0 Å². The Morgan fingerprint density at radius 2 is 1.88 bits per heavy atom. The molecule has 3 rings (SSSR count). The van der Waals surface area contributed by atoms with Crippen molar-refractivity contribution in [2.45, 2.75) is 38.1 Å². The van der Waals surface area contributed by atoms with Crippen LogP contribution in [0.1, 0.15) is 36.2 Å². The van der Waals surface area contributed by atoms with Crippen LogP contribution >= 0.6 is 0 Å². The standard InChI is InChI=1S/C19H23N3O2/c1-15-5-2-3-6-16(15)7-8-17(23)22-19(9-13-24-14-10-19)18-20-11-4-12-21-18/h2-6,11-12H,7-10,13-14H2,1H3,(H,22,23). The van der Waals surface area contributed by atoms with Gasteiger partial charge in [-0.1, -0.05) is 24.3 Å². The predicted molar refractivity (Wildman–Crippen MR) is 91.4 cm³/mol. The van der Waals surface area contributed by atoms with E-state index in [1.807, 2.05) is 12.1 Å². The minimum Gasteiger partial charge on any atom is -0.381 e. The molecule has 1 fully saturated rings. The van der Waals surface area contributed by atoms with Gasteiger partial charge in [0.2, 0.25) is 5.91 Å². The summed E-state index contributed by atoms with van der Waals surface area (Å²) in [4.78, 5) is 21.3. The van der Waals surface area contributed by atoms with Crippen LogP contribution in [0.2, 0.25) is 0 Å². The first-order valence-corrected chi connectivity index (χ1v) is 8.40. The smallest absolute Gasteiger partial charge is 0.221 e. The van der Waals surface area contributed by atoms with Gasteiger partial charge in [-0.25, -0.2) is 9.97 Å². The second kappa shape index (κ2) is 7.53. The second-order valence-electron chi connectivity index (χ2n) is 6.24. The molecule has 0 unspecified atom stereocenters. The van der Waals surface area contributed by atoms with Crippen LogP contribution < -0.4 is 5.32 Å². The maximum absolute atomic E-state index is 12.6. The highest BCUT2D eigenvalue weighted by Crippen LogP contribution is 2.29. The molecule has 0 atom stereocenters. The Hall–Kier alpha value is -2.27. The Kier molecular flexibility index (Phi) is 5.20. The molecule has 5 nitrogen and oxygen atoms in total. The SMILES string of the molecule is Cc1ccccc1CCC(=O)NC1(c2ncccn2)CCOCC1. The molecule has 0 spiro atoms. The van der Waals surface area contributed by atoms with Gasteiger partial charge < -0.3 is 10.1 Å². The largest absolute Gasteiger partial charge is 0.381 e. The van der Waals surface area contributed by atoms with E-state index in [1.165, 1.54) is 11.1 Å². The minimum absolute atomic E-state index is 0.0348. The van der Waals surface area contributed by atoms with Crippen LogP contribution in [0.15, 0.2) is 42.7 Å². The van der Waals surface area contributed by atoms with Gasteiger partial charge in [-0.15, -0.1) is 0 Å². The van der Waals surface area contributed by atoms with Crippen LogP contribution in [-0.4, -0.2) is 29.1 Å². The summed E-state index contributed by atoms with van der Waals surface area (Å²) in [5.74, 6) is 0.713. The van der Waals surface area contributed by atoms with Gasteiger partial charge in [0.05, 0.1) is 0 Å². The molecule has 126 valence electrons. The fourth-order valence-electron chi connectivity index (χ4n) is 3.14. The van der Waals surface area contributed by atoms with Gasteiger partial charge in [0, 0.05) is 44.9 Å². The summed E-state index contributed by atoms with van der Waals surface area (Å²) >= 11 is 0. The van der Waals surface area contributed by atoms with E-state index in [1.54, 1.807) is 18.5 Å². The molecular weight excluding hydrogens is 302 g/mol. The van der Waals surface area contributed by atoms with Crippen molar-refractivity contribution in [1.29, 1.82) is 0 Å². The third-order valence-electron chi connectivity index (χ3n) is 4.60. The number of aryl methyl sites for hydroxylation is 2. The van der Waals surface area contributed by atoms with E-state index in [-0.39, 0.29) is 5.91 Å². The molecule has 1 amide bonds. The first kappa shape index (κ1) is 16.6. The Morgan fingerprint density at radius 3 is 2.58 bits per heavy atom. The third kappa shape index (κ3) is 3.79. The zero-order valence-electron chi connectivity index (χ0n) is 14.0. The average molecular weight is 325 g/mol. The van der Waals surface area contributed by atoms with Crippen molar-refractivity contribution in [3.63, 3.8) is 0 Å². The molecule has 1 aliphatic heterocycles. The van der Waals surface area contributed by atoms with Crippen LogP contribution in [0, 0.1) is 6.92 Å². The van der Waals surface area contributed by atoms with Crippen molar-refractivity contribution in [1.82, 2.24) is 15.3 Å². The molecule has 2 heterocycles. The molecule has 1 aromatic carbocycles. The molecule has 24 heavy (non-hydrogen) atoms. The zero-order chi connectivity index (χ0) is 16.8. The van der Waals surface area contributed by atoms with Crippen molar-refractivity contribution < 1.29 is 9.53 Å². The van der Waals surface area contributed by atoms with Crippen molar-refractivity contribution in [3.05, 3.63) is 59.7 Å². The Bertz CT molecular complexity index is 682. The van der Waals surface area contributed by atoms with Gasteiger partial charge in [0.15, 0.2) is 5.82 Å². The first-order valence-electron chi connectivity index (χ1n) is 8.40. The summed E-state index contributed by atoms with van der Waals surface area (Å²) in [7, 11) is 0. The summed E-state index contributed by atoms with van der Waals surface area (Å²) in [6.45, 7) is 3.29. The van der Waals surface area contributed by atoms with Crippen LogP contribution in [0.5, 0.6) is 0 Å². The summed E-state index contributed by atoms with van der Waals surface area (Å²) in [6, 6.07) is 9.97. The second-order valence-corrected chi connectivity index (χ2v) is 6.24. The van der Waals surface area contributed by atoms with E-state index in [9.17, 15) is 4.79 Å². The fraction of sp³-hybridized carbons (Fsp3) is 0.421. The molecular formula is C19H23N3O2. The minimum atomic E-state index is -0.512. The molecule has 1 aliphatic rings. The highest BCUT2D eigenvalue weighted by atomic mass is 16.5. The van der Waals surface area contributed by atoms with Crippen LogP contribution in [-0.2, 0) is 21.5 Å². The van der Waals surface area contributed by atoms with Gasteiger partial charge >= 0.3 is 0 Å². The quantitative estimate of drug-likeness (QED) is 0.917. The number of amides is 1. The van der Waals surface area contributed by atoms with Gasteiger partial charge in [0.1, 0.15) is 5.54 Å². The molecule has 1 aromatic heterocycles. The summed E-state index contributed by atoms with van der Waals surface area (Å²) in [6.07, 6.45) is 6.04. The molecule has 0 bridgehead atoms. The lowest BCUT2D eigenvalue weighted by Crippen LogP contribution is -2.50. The lowest BCUT2D eigenvalue weighted by Gasteiger charge is -2.36. The van der Waals surface area contributed by atoms with Crippen molar-refractivity contribution >= 4 is 5.91 Å². The summed E-state index contributed by atoms with van der Waals surface area (Å²) in [5.41, 5.74) is 1.92. The number of carbonyl (C=O) groups is 1. The maximum Gasteiger partial charge on any atom is 0.221 e. The summed E-state index contributed by atoms with van der Waals surface area (Å²) < 4.78 is 5.47. The molecule has 1 saturated heterocycles. The van der Waals surface area contributed by atoms with Gasteiger partial charge in [-0.2, -0.15) is 0 Å². The van der Waals surface area contributed by atoms with E-state index < -0.39 is 5.54 Å². The number of rotatable bonds is 5.